The average molecular weight is 195 g/mol. The lowest BCUT2D eigenvalue weighted by Crippen LogP contribution is -2.20. The minimum absolute atomic E-state index is 0.301. The van der Waals surface area contributed by atoms with Crippen molar-refractivity contribution >= 4 is 0 Å². The molecule has 0 spiro atoms. The van der Waals surface area contributed by atoms with Crippen LogP contribution in [-0.4, -0.2) is 7.11 Å². The van der Waals surface area contributed by atoms with Crippen molar-refractivity contribution in [3.8, 4) is 5.75 Å². The molecule has 0 amide bonds. The van der Waals surface area contributed by atoms with Crippen LogP contribution in [0, 0.1) is 12.7 Å². The van der Waals surface area contributed by atoms with E-state index in [1.54, 1.807) is 0 Å². The summed E-state index contributed by atoms with van der Waals surface area (Å²) in [5.74, 6) is -0.0187. The maximum absolute atomic E-state index is 13.5. The summed E-state index contributed by atoms with van der Waals surface area (Å²) in [7, 11) is 1.48. The molecule has 0 heterocycles. The van der Waals surface area contributed by atoms with Gasteiger partial charge in [-0.2, -0.15) is 0 Å². The first kappa shape index (κ1) is 9.46. The van der Waals surface area contributed by atoms with Crippen molar-refractivity contribution in [1.29, 1.82) is 0 Å². The maximum Gasteiger partial charge on any atom is 0.165 e. The van der Waals surface area contributed by atoms with Gasteiger partial charge in [0.15, 0.2) is 11.6 Å². The second kappa shape index (κ2) is 2.95. The van der Waals surface area contributed by atoms with Gasteiger partial charge in [-0.15, -0.1) is 0 Å². The Labute approximate surface area is 82.9 Å². The molecular formula is C11H14FNO. The molecule has 76 valence electrons. The number of hydrogen-bond acceptors (Lipinski definition) is 2. The fourth-order valence-corrected chi connectivity index (χ4v) is 1.71. The van der Waals surface area contributed by atoms with Gasteiger partial charge in [0.1, 0.15) is 0 Å². The van der Waals surface area contributed by atoms with Gasteiger partial charge in [-0.05, 0) is 31.4 Å². The lowest BCUT2D eigenvalue weighted by Gasteiger charge is -2.15. The third-order valence-electron chi connectivity index (χ3n) is 2.72. The highest BCUT2D eigenvalue weighted by Crippen LogP contribution is 2.47. The highest BCUT2D eigenvalue weighted by molar-refractivity contribution is 5.45. The Bertz CT molecular complexity index is 372. The van der Waals surface area contributed by atoms with Crippen LogP contribution in [0.5, 0.6) is 5.75 Å². The van der Waals surface area contributed by atoms with E-state index in [1.807, 2.05) is 13.0 Å². The van der Waals surface area contributed by atoms with Crippen LogP contribution < -0.4 is 10.5 Å². The highest BCUT2D eigenvalue weighted by Gasteiger charge is 2.43. The smallest absolute Gasteiger partial charge is 0.165 e. The third kappa shape index (κ3) is 1.38. The van der Waals surface area contributed by atoms with Crippen molar-refractivity contribution in [3.63, 3.8) is 0 Å². The molecule has 1 fully saturated rings. The van der Waals surface area contributed by atoms with E-state index in [0.29, 0.717) is 5.75 Å². The van der Waals surface area contributed by atoms with Crippen LogP contribution >= 0.6 is 0 Å². The van der Waals surface area contributed by atoms with Crippen molar-refractivity contribution in [2.24, 2.45) is 5.73 Å². The van der Waals surface area contributed by atoms with Crippen molar-refractivity contribution in [2.45, 2.75) is 25.3 Å². The molecular weight excluding hydrogens is 181 g/mol. The Morgan fingerprint density at radius 1 is 1.43 bits per heavy atom. The minimum atomic E-state index is -0.349. The first-order chi connectivity index (χ1) is 6.57. The number of hydrogen-bond donors (Lipinski definition) is 1. The SMILES string of the molecule is COc1c(F)cc(C)cc1C1(N)CC1. The third-order valence-corrected chi connectivity index (χ3v) is 2.72. The van der Waals surface area contributed by atoms with E-state index in [0.717, 1.165) is 24.0 Å². The van der Waals surface area contributed by atoms with Crippen molar-refractivity contribution in [2.75, 3.05) is 7.11 Å². The van der Waals surface area contributed by atoms with Gasteiger partial charge in [-0.1, -0.05) is 6.07 Å². The summed E-state index contributed by atoms with van der Waals surface area (Å²) in [6.07, 6.45) is 1.82. The molecule has 0 atom stereocenters. The maximum atomic E-state index is 13.5. The monoisotopic (exact) mass is 195 g/mol. The van der Waals surface area contributed by atoms with E-state index in [2.05, 4.69) is 0 Å². The molecule has 3 heteroatoms. The molecule has 2 nitrogen and oxygen atoms in total. The van der Waals surface area contributed by atoms with E-state index < -0.39 is 0 Å². The molecule has 0 aliphatic heterocycles. The zero-order valence-corrected chi connectivity index (χ0v) is 8.43. The summed E-state index contributed by atoms with van der Waals surface area (Å²) >= 11 is 0. The molecule has 1 saturated carbocycles. The molecule has 0 unspecified atom stereocenters. The van der Waals surface area contributed by atoms with Crippen LogP contribution in [0.3, 0.4) is 0 Å². The van der Waals surface area contributed by atoms with Gasteiger partial charge < -0.3 is 10.5 Å². The summed E-state index contributed by atoms with van der Waals surface area (Å²) in [5.41, 5.74) is 7.37. The molecule has 2 rings (SSSR count). The molecule has 0 saturated heterocycles. The first-order valence-electron chi connectivity index (χ1n) is 4.70. The normalized spacial score (nSPS) is 18.0. The fraction of sp³-hybridized carbons (Fsp3) is 0.455. The molecule has 0 bridgehead atoms. The summed E-state index contributed by atoms with van der Waals surface area (Å²) in [6.45, 7) is 1.86. The molecule has 1 aliphatic rings. The van der Waals surface area contributed by atoms with Crippen LogP contribution in [0.2, 0.25) is 0 Å². The van der Waals surface area contributed by atoms with E-state index in [4.69, 9.17) is 10.5 Å². The van der Waals surface area contributed by atoms with Crippen LogP contribution in [0.1, 0.15) is 24.0 Å². The summed E-state index contributed by atoms with van der Waals surface area (Å²) < 4.78 is 18.5. The minimum Gasteiger partial charge on any atom is -0.493 e. The Morgan fingerprint density at radius 2 is 2.07 bits per heavy atom. The lowest BCUT2D eigenvalue weighted by atomic mass is 10.0. The highest BCUT2D eigenvalue weighted by atomic mass is 19.1. The number of nitrogens with two attached hydrogens (primary N) is 1. The van der Waals surface area contributed by atoms with Gasteiger partial charge in [0, 0.05) is 11.1 Å². The van der Waals surface area contributed by atoms with Crippen molar-refractivity contribution in [1.82, 2.24) is 0 Å². The van der Waals surface area contributed by atoms with Crippen LogP contribution in [0.15, 0.2) is 12.1 Å². The van der Waals surface area contributed by atoms with Crippen molar-refractivity contribution < 1.29 is 9.13 Å². The molecule has 1 aliphatic carbocycles. The first-order valence-corrected chi connectivity index (χ1v) is 4.70. The predicted octanol–water partition coefficient (Wildman–Crippen LogP) is 2.09. The number of methoxy groups -OCH3 is 1. The van der Waals surface area contributed by atoms with Crippen LogP contribution in [-0.2, 0) is 5.54 Å². The fourth-order valence-electron chi connectivity index (χ4n) is 1.71. The largest absolute Gasteiger partial charge is 0.493 e. The van der Waals surface area contributed by atoms with E-state index in [1.165, 1.54) is 13.2 Å². The number of aryl methyl sites for hydroxylation is 1. The van der Waals surface area contributed by atoms with Crippen LogP contribution in [0.25, 0.3) is 0 Å². The van der Waals surface area contributed by atoms with Gasteiger partial charge >= 0.3 is 0 Å². The van der Waals surface area contributed by atoms with E-state index in [-0.39, 0.29) is 11.4 Å². The quantitative estimate of drug-likeness (QED) is 0.784. The number of ether oxygens (including phenoxy) is 1. The van der Waals surface area contributed by atoms with E-state index >= 15 is 0 Å². The molecule has 1 aromatic carbocycles. The Balaban J connectivity index is 2.56. The summed E-state index contributed by atoms with van der Waals surface area (Å²) in [5, 5.41) is 0. The molecule has 1 aromatic rings. The summed E-state index contributed by atoms with van der Waals surface area (Å²) in [4.78, 5) is 0. The Hall–Kier alpha value is -1.09. The van der Waals surface area contributed by atoms with E-state index in [9.17, 15) is 4.39 Å². The lowest BCUT2D eigenvalue weighted by molar-refractivity contribution is 0.376. The zero-order chi connectivity index (χ0) is 10.3. The second-order valence-electron chi connectivity index (χ2n) is 3.98. The molecule has 14 heavy (non-hydrogen) atoms. The number of halogens is 1. The second-order valence-corrected chi connectivity index (χ2v) is 3.98. The number of benzene rings is 1. The predicted molar refractivity (Wildman–Crippen MR) is 52.8 cm³/mol. The Kier molecular flexibility index (Phi) is 2.00. The van der Waals surface area contributed by atoms with Gasteiger partial charge in [0.25, 0.3) is 0 Å². The Morgan fingerprint density at radius 3 is 2.57 bits per heavy atom. The summed E-state index contributed by atoms with van der Waals surface area (Å²) in [6, 6.07) is 3.38. The van der Waals surface area contributed by atoms with Gasteiger partial charge in [-0.25, -0.2) is 4.39 Å². The van der Waals surface area contributed by atoms with Crippen molar-refractivity contribution in [3.05, 3.63) is 29.1 Å². The topological polar surface area (TPSA) is 35.2 Å². The zero-order valence-electron chi connectivity index (χ0n) is 8.43. The molecule has 0 radical (unpaired) electrons. The van der Waals surface area contributed by atoms with Gasteiger partial charge in [-0.3, -0.25) is 0 Å². The molecule has 0 aromatic heterocycles. The van der Waals surface area contributed by atoms with Gasteiger partial charge in [0.05, 0.1) is 7.11 Å². The van der Waals surface area contributed by atoms with Gasteiger partial charge in [0.2, 0.25) is 0 Å². The number of rotatable bonds is 2. The van der Waals surface area contributed by atoms with Crippen LogP contribution in [0.4, 0.5) is 4.39 Å². The molecule has 2 N–H and O–H groups in total. The average Bonchev–Trinajstić information content (AvgIpc) is 2.84. The standard InChI is InChI=1S/C11H14FNO/c1-7-5-8(11(13)3-4-11)10(14-2)9(12)6-7/h5-6H,3-4,13H2,1-2H3.